The third kappa shape index (κ3) is 2.56. The van der Waals surface area contributed by atoms with E-state index in [0.29, 0.717) is 0 Å². The van der Waals surface area contributed by atoms with E-state index in [-0.39, 0.29) is 0 Å². The van der Waals surface area contributed by atoms with Crippen molar-refractivity contribution in [2.75, 3.05) is 20.2 Å². The summed E-state index contributed by atoms with van der Waals surface area (Å²) in [5, 5.41) is 3.46. The Kier molecular flexibility index (Phi) is 3.83. The van der Waals surface area contributed by atoms with Gasteiger partial charge in [0.25, 0.3) is 0 Å². The van der Waals surface area contributed by atoms with Gasteiger partial charge in [-0.15, -0.1) is 0 Å². The second-order valence-electron chi connectivity index (χ2n) is 4.60. The zero-order valence-corrected chi connectivity index (χ0v) is 10.3. The number of hydrogen-bond acceptors (Lipinski definition) is 2. The maximum Gasteiger partial charge on any atom is 0.119 e. The number of benzene rings is 1. The van der Waals surface area contributed by atoms with Crippen molar-refractivity contribution < 1.29 is 4.74 Å². The molecule has 88 valence electrons. The van der Waals surface area contributed by atoms with Gasteiger partial charge in [0.1, 0.15) is 5.75 Å². The highest BCUT2D eigenvalue weighted by molar-refractivity contribution is 5.37. The van der Waals surface area contributed by atoms with Gasteiger partial charge < -0.3 is 10.1 Å². The van der Waals surface area contributed by atoms with E-state index in [1.165, 1.54) is 36.9 Å². The van der Waals surface area contributed by atoms with Gasteiger partial charge in [-0.25, -0.2) is 0 Å². The summed E-state index contributed by atoms with van der Waals surface area (Å²) in [7, 11) is 1.73. The van der Waals surface area contributed by atoms with Crippen LogP contribution < -0.4 is 10.1 Å². The second-order valence-corrected chi connectivity index (χ2v) is 4.60. The molecule has 1 aliphatic rings. The normalized spacial score (nSPS) is 21.5. The van der Waals surface area contributed by atoms with Gasteiger partial charge in [0.2, 0.25) is 0 Å². The van der Waals surface area contributed by atoms with Crippen molar-refractivity contribution in [2.24, 2.45) is 0 Å². The monoisotopic (exact) mass is 219 g/mol. The van der Waals surface area contributed by atoms with Gasteiger partial charge in [-0.1, -0.05) is 6.07 Å². The quantitative estimate of drug-likeness (QED) is 0.826. The molecule has 16 heavy (non-hydrogen) atoms. The minimum Gasteiger partial charge on any atom is -0.497 e. The third-order valence-electron chi connectivity index (χ3n) is 3.49. The van der Waals surface area contributed by atoms with Crippen LogP contribution in [-0.4, -0.2) is 20.2 Å². The van der Waals surface area contributed by atoms with Crippen LogP contribution in [0.1, 0.15) is 36.3 Å². The van der Waals surface area contributed by atoms with Crippen molar-refractivity contribution in [3.63, 3.8) is 0 Å². The van der Waals surface area contributed by atoms with Gasteiger partial charge >= 0.3 is 0 Å². The average molecular weight is 219 g/mol. The molecule has 1 heterocycles. The molecule has 1 N–H and O–H groups in total. The summed E-state index contributed by atoms with van der Waals surface area (Å²) in [4.78, 5) is 0. The Morgan fingerprint density at radius 2 is 2.12 bits per heavy atom. The number of ether oxygens (including phenoxy) is 1. The SMILES string of the molecule is COc1ccc(C2CCCNCC2)c(C)c1. The largest absolute Gasteiger partial charge is 0.497 e. The van der Waals surface area contributed by atoms with Crippen molar-refractivity contribution in [1.29, 1.82) is 0 Å². The van der Waals surface area contributed by atoms with Crippen LogP contribution in [0.2, 0.25) is 0 Å². The molecule has 1 unspecified atom stereocenters. The van der Waals surface area contributed by atoms with Crippen molar-refractivity contribution in [2.45, 2.75) is 32.1 Å². The molecule has 2 nitrogen and oxygen atoms in total. The predicted octanol–water partition coefficient (Wildman–Crippen LogP) is 2.86. The molecule has 0 aromatic heterocycles. The first-order valence-corrected chi connectivity index (χ1v) is 6.16. The molecule has 1 aromatic rings. The van der Waals surface area contributed by atoms with E-state index in [4.69, 9.17) is 4.74 Å². The van der Waals surface area contributed by atoms with Crippen LogP contribution in [0, 0.1) is 6.92 Å². The van der Waals surface area contributed by atoms with Crippen molar-refractivity contribution >= 4 is 0 Å². The molecule has 0 saturated carbocycles. The van der Waals surface area contributed by atoms with Gasteiger partial charge in [0.05, 0.1) is 7.11 Å². The van der Waals surface area contributed by atoms with Crippen molar-refractivity contribution in [3.8, 4) is 5.75 Å². The molecule has 1 aliphatic heterocycles. The Bertz CT molecular complexity index is 341. The number of aryl methyl sites for hydroxylation is 1. The lowest BCUT2D eigenvalue weighted by molar-refractivity contribution is 0.414. The number of rotatable bonds is 2. The molecule has 1 saturated heterocycles. The molecular formula is C14H21NO. The smallest absolute Gasteiger partial charge is 0.119 e. The third-order valence-corrected chi connectivity index (χ3v) is 3.49. The summed E-state index contributed by atoms with van der Waals surface area (Å²) in [6, 6.07) is 6.47. The minimum atomic E-state index is 0.723. The highest BCUT2D eigenvalue weighted by Crippen LogP contribution is 2.30. The molecule has 1 fully saturated rings. The molecule has 1 atom stereocenters. The van der Waals surface area contributed by atoms with Crippen LogP contribution in [0.3, 0.4) is 0 Å². The zero-order chi connectivity index (χ0) is 11.4. The molecule has 0 amide bonds. The molecule has 2 heteroatoms. The maximum absolute atomic E-state index is 5.25. The van der Waals surface area contributed by atoms with Crippen LogP contribution in [0.25, 0.3) is 0 Å². The van der Waals surface area contributed by atoms with E-state index >= 15 is 0 Å². The Labute approximate surface area is 98.0 Å². The fraction of sp³-hybridized carbons (Fsp3) is 0.571. The lowest BCUT2D eigenvalue weighted by Crippen LogP contribution is -2.13. The summed E-state index contributed by atoms with van der Waals surface area (Å²) in [6.45, 7) is 4.51. The summed E-state index contributed by atoms with van der Waals surface area (Å²) in [5.41, 5.74) is 2.87. The summed E-state index contributed by atoms with van der Waals surface area (Å²) < 4.78 is 5.25. The molecule has 0 bridgehead atoms. The predicted molar refractivity (Wildman–Crippen MR) is 67.2 cm³/mol. The summed E-state index contributed by atoms with van der Waals surface area (Å²) in [5.74, 6) is 1.69. The Hall–Kier alpha value is -1.02. The highest BCUT2D eigenvalue weighted by atomic mass is 16.5. The van der Waals surface area contributed by atoms with Gasteiger partial charge in [-0.3, -0.25) is 0 Å². The van der Waals surface area contributed by atoms with Gasteiger partial charge in [0, 0.05) is 0 Å². The number of methoxy groups -OCH3 is 1. The van der Waals surface area contributed by atoms with Crippen LogP contribution in [0.5, 0.6) is 5.75 Å². The van der Waals surface area contributed by atoms with Crippen LogP contribution in [-0.2, 0) is 0 Å². The van der Waals surface area contributed by atoms with Crippen molar-refractivity contribution in [3.05, 3.63) is 29.3 Å². The molecular weight excluding hydrogens is 198 g/mol. The van der Waals surface area contributed by atoms with E-state index in [1.54, 1.807) is 7.11 Å². The lowest BCUT2D eigenvalue weighted by Gasteiger charge is -2.17. The molecule has 1 aromatic carbocycles. The second kappa shape index (κ2) is 5.35. The summed E-state index contributed by atoms with van der Waals surface area (Å²) >= 11 is 0. The Morgan fingerprint density at radius 3 is 2.88 bits per heavy atom. The molecule has 0 aliphatic carbocycles. The van der Waals surface area contributed by atoms with E-state index in [1.807, 2.05) is 0 Å². The maximum atomic E-state index is 5.25. The molecule has 0 radical (unpaired) electrons. The average Bonchev–Trinajstić information content (AvgIpc) is 2.57. The zero-order valence-electron chi connectivity index (χ0n) is 10.3. The lowest BCUT2D eigenvalue weighted by atomic mass is 9.89. The fourth-order valence-corrected chi connectivity index (χ4v) is 2.56. The van der Waals surface area contributed by atoms with Gasteiger partial charge in [0.15, 0.2) is 0 Å². The first-order valence-electron chi connectivity index (χ1n) is 6.16. The van der Waals surface area contributed by atoms with E-state index in [2.05, 4.69) is 30.4 Å². The first kappa shape index (κ1) is 11.5. The van der Waals surface area contributed by atoms with Crippen molar-refractivity contribution in [1.82, 2.24) is 5.32 Å². The van der Waals surface area contributed by atoms with E-state index < -0.39 is 0 Å². The van der Waals surface area contributed by atoms with Gasteiger partial charge in [-0.05, 0) is 68.5 Å². The summed E-state index contributed by atoms with van der Waals surface area (Å²) in [6.07, 6.45) is 3.85. The van der Waals surface area contributed by atoms with Crippen LogP contribution >= 0.6 is 0 Å². The molecule has 2 rings (SSSR count). The first-order chi connectivity index (χ1) is 7.81. The van der Waals surface area contributed by atoms with Crippen LogP contribution in [0.4, 0.5) is 0 Å². The highest BCUT2D eigenvalue weighted by Gasteiger charge is 2.15. The Morgan fingerprint density at radius 1 is 1.25 bits per heavy atom. The topological polar surface area (TPSA) is 21.3 Å². The Balaban J connectivity index is 2.18. The number of nitrogens with one attached hydrogen (secondary N) is 1. The standard InChI is InChI=1S/C14H21NO/c1-11-10-13(16-2)5-6-14(11)12-4-3-8-15-9-7-12/h5-6,10,12,15H,3-4,7-9H2,1-2H3. The van der Waals surface area contributed by atoms with E-state index in [0.717, 1.165) is 18.2 Å². The minimum absolute atomic E-state index is 0.723. The van der Waals surface area contributed by atoms with Crippen LogP contribution in [0.15, 0.2) is 18.2 Å². The van der Waals surface area contributed by atoms with E-state index in [9.17, 15) is 0 Å². The number of hydrogen-bond donors (Lipinski definition) is 1. The van der Waals surface area contributed by atoms with Gasteiger partial charge in [-0.2, -0.15) is 0 Å². The fourth-order valence-electron chi connectivity index (χ4n) is 2.56. The molecule has 0 spiro atoms.